The van der Waals surface area contributed by atoms with Crippen molar-refractivity contribution in [1.29, 1.82) is 0 Å². The molecular weight excluding hydrogens is 212 g/mol. The molecule has 100 valence electrons. The van der Waals surface area contributed by atoms with Gasteiger partial charge in [-0.2, -0.15) is 0 Å². The van der Waals surface area contributed by atoms with E-state index >= 15 is 0 Å². The molecule has 1 fully saturated rings. The van der Waals surface area contributed by atoms with E-state index in [1.807, 2.05) is 46.8 Å². The van der Waals surface area contributed by atoms with Gasteiger partial charge in [-0.1, -0.05) is 46.4 Å². The van der Waals surface area contributed by atoms with Crippen LogP contribution in [-0.4, -0.2) is 17.8 Å². The number of aliphatic hydroxyl groups is 1. The first-order valence-electron chi connectivity index (χ1n) is 6.57. The summed E-state index contributed by atoms with van der Waals surface area (Å²) >= 11 is 0. The summed E-state index contributed by atoms with van der Waals surface area (Å²) in [6, 6.07) is 0. The van der Waals surface area contributed by atoms with E-state index < -0.39 is 0 Å². The van der Waals surface area contributed by atoms with Crippen molar-refractivity contribution < 1.29 is 9.84 Å². The summed E-state index contributed by atoms with van der Waals surface area (Å²) in [5.74, 6) is 0.850. The Labute approximate surface area is 107 Å². The fraction of sp³-hybridized carbons (Fsp3) is 0.600. The van der Waals surface area contributed by atoms with Crippen LogP contribution < -0.4 is 0 Å². The Bertz CT molecular complexity index is 239. The first-order valence-corrected chi connectivity index (χ1v) is 6.57. The van der Waals surface area contributed by atoms with E-state index in [1.165, 1.54) is 5.57 Å². The largest absolute Gasteiger partial charge is 0.488 e. The van der Waals surface area contributed by atoms with E-state index in [0.717, 1.165) is 18.6 Å². The quantitative estimate of drug-likeness (QED) is 0.783. The van der Waals surface area contributed by atoms with Crippen molar-refractivity contribution in [2.75, 3.05) is 6.61 Å². The summed E-state index contributed by atoms with van der Waals surface area (Å²) in [5, 5.41) is 8.94. The molecule has 0 bridgehead atoms. The highest BCUT2D eigenvalue weighted by Crippen LogP contribution is 2.27. The van der Waals surface area contributed by atoms with Crippen molar-refractivity contribution in [3.63, 3.8) is 0 Å². The lowest BCUT2D eigenvalue weighted by Crippen LogP contribution is -2.22. The van der Waals surface area contributed by atoms with E-state index in [-0.39, 0.29) is 12.7 Å². The second-order valence-corrected chi connectivity index (χ2v) is 3.04. The van der Waals surface area contributed by atoms with Gasteiger partial charge < -0.3 is 9.84 Å². The van der Waals surface area contributed by atoms with E-state index in [1.54, 1.807) is 6.08 Å². The van der Waals surface area contributed by atoms with E-state index in [4.69, 9.17) is 9.84 Å². The number of rotatable bonds is 2. The predicted octanol–water partition coefficient (Wildman–Crippen LogP) is 4.23. The van der Waals surface area contributed by atoms with Crippen molar-refractivity contribution in [2.45, 2.75) is 53.6 Å². The number of hydrogen-bond acceptors (Lipinski definition) is 2. The standard InChI is InChI=1S/C11H16O2.2C2H6/c1-3-5-11-9(4-2)6-7-10(8-12)13-11;2*1-2/h3-5,10,12H,1,6-8H2,2H3;2*1-2H3/b9-4-,11-5+;;. The van der Waals surface area contributed by atoms with Gasteiger partial charge in [-0.15, -0.1) is 0 Å². The van der Waals surface area contributed by atoms with Crippen LogP contribution in [-0.2, 0) is 4.74 Å². The monoisotopic (exact) mass is 240 g/mol. The Morgan fingerprint density at radius 3 is 2.35 bits per heavy atom. The van der Waals surface area contributed by atoms with Crippen LogP contribution in [0.1, 0.15) is 47.5 Å². The van der Waals surface area contributed by atoms with Crippen LogP contribution in [0.4, 0.5) is 0 Å². The average Bonchev–Trinajstić information content (AvgIpc) is 2.43. The van der Waals surface area contributed by atoms with Crippen LogP contribution in [0.3, 0.4) is 0 Å². The molecule has 1 aliphatic rings. The van der Waals surface area contributed by atoms with Gasteiger partial charge in [0.1, 0.15) is 11.9 Å². The Morgan fingerprint density at radius 1 is 1.35 bits per heavy atom. The van der Waals surface area contributed by atoms with Gasteiger partial charge in [-0.25, -0.2) is 0 Å². The normalized spacial score (nSPS) is 22.8. The molecule has 0 aromatic carbocycles. The third-order valence-electron chi connectivity index (χ3n) is 2.17. The number of hydrogen-bond donors (Lipinski definition) is 1. The first kappa shape index (κ1) is 18.3. The molecule has 0 amide bonds. The van der Waals surface area contributed by atoms with Crippen molar-refractivity contribution in [3.05, 3.63) is 36.1 Å². The number of aliphatic hydroxyl groups excluding tert-OH is 1. The molecule has 1 saturated heterocycles. The first-order chi connectivity index (χ1) is 8.31. The molecule has 1 aliphatic heterocycles. The Balaban J connectivity index is 0. The third kappa shape index (κ3) is 7.01. The second kappa shape index (κ2) is 13.0. The summed E-state index contributed by atoms with van der Waals surface area (Å²) in [6.45, 7) is 13.7. The molecule has 2 heteroatoms. The molecule has 1 N–H and O–H groups in total. The van der Waals surface area contributed by atoms with E-state index in [9.17, 15) is 0 Å². The highest BCUT2D eigenvalue weighted by atomic mass is 16.5. The van der Waals surface area contributed by atoms with E-state index in [2.05, 4.69) is 6.58 Å². The maximum atomic E-state index is 8.94. The van der Waals surface area contributed by atoms with Crippen molar-refractivity contribution in [2.24, 2.45) is 0 Å². The summed E-state index contributed by atoms with van der Waals surface area (Å²) in [7, 11) is 0. The maximum absolute atomic E-state index is 8.94. The molecule has 0 saturated carbocycles. The summed E-state index contributed by atoms with van der Waals surface area (Å²) in [6.07, 6.45) is 7.42. The molecular formula is C15H28O2. The van der Waals surface area contributed by atoms with Gasteiger partial charge in [0.15, 0.2) is 0 Å². The topological polar surface area (TPSA) is 29.5 Å². The molecule has 1 unspecified atom stereocenters. The van der Waals surface area contributed by atoms with Crippen molar-refractivity contribution >= 4 is 0 Å². The summed E-state index contributed by atoms with van der Waals surface area (Å²) in [4.78, 5) is 0. The molecule has 1 rings (SSSR count). The summed E-state index contributed by atoms with van der Waals surface area (Å²) in [5.41, 5.74) is 1.20. The van der Waals surface area contributed by atoms with Crippen LogP contribution in [0, 0.1) is 0 Å². The Morgan fingerprint density at radius 2 is 1.94 bits per heavy atom. The highest BCUT2D eigenvalue weighted by molar-refractivity contribution is 5.30. The second-order valence-electron chi connectivity index (χ2n) is 3.04. The van der Waals surface area contributed by atoms with Crippen LogP contribution in [0.2, 0.25) is 0 Å². The van der Waals surface area contributed by atoms with Crippen LogP contribution in [0.25, 0.3) is 0 Å². The lowest BCUT2D eigenvalue weighted by molar-refractivity contribution is 0.0432. The highest BCUT2D eigenvalue weighted by Gasteiger charge is 2.19. The SMILES string of the molecule is C=C/C=C1/OC(CO)CC/C1=C/C.CC.CC. The van der Waals surface area contributed by atoms with Gasteiger partial charge in [0.05, 0.1) is 6.61 Å². The smallest absolute Gasteiger partial charge is 0.122 e. The molecule has 1 atom stereocenters. The van der Waals surface area contributed by atoms with Gasteiger partial charge in [0, 0.05) is 0 Å². The van der Waals surface area contributed by atoms with Crippen LogP contribution in [0.15, 0.2) is 36.1 Å². The van der Waals surface area contributed by atoms with Gasteiger partial charge in [-0.05, 0) is 31.4 Å². The molecule has 1 heterocycles. The van der Waals surface area contributed by atoms with Crippen LogP contribution >= 0.6 is 0 Å². The molecule has 0 radical (unpaired) electrons. The minimum Gasteiger partial charge on any atom is -0.488 e. The minimum atomic E-state index is -0.0464. The molecule has 17 heavy (non-hydrogen) atoms. The van der Waals surface area contributed by atoms with Gasteiger partial charge >= 0.3 is 0 Å². The molecule has 0 aromatic heterocycles. The Kier molecular flexibility index (Phi) is 14.1. The fourth-order valence-corrected chi connectivity index (χ4v) is 1.42. The van der Waals surface area contributed by atoms with Crippen molar-refractivity contribution in [1.82, 2.24) is 0 Å². The zero-order valence-electron chi connectivity index (χ0n) is 12.0. The fourth-order valence-electron chi connectivity index (χ4n) is 1.42. The third-order valence-corrected chi connectivity index (χ3v) is 2.17. The molecule has 0 aliphatic carbocycles. The van der Waals surface area contributed by atoms with Gasteiger partial charge in [0.25, 0.3) is 0 Å². The van der Waals surface area contributed by atoms with Crippen molar-refractivity contribution in [3.8, 4) is 0 Å². The van der Waals surface area contributed by atoms with E-state index in [0.29, 0.717) is 0 Å². The number of ether oxygens (including phenoxy) is 1. The maximum Gasteiger partial charge on any atom is 0.122 e. The zero-order valence-corrected chi connectivity index (χ0v) is 12.0. The zero-order chi connectivity index (χ0) is 13.7. The average molecular weight is 240 g/mol. The summed E-state index contributed by atoms with van der Waals surface area (Å²) < 4.78 is 5.55. The molecule has 0 aromatic rings. The van der Waals surface area contributed by atoms with Crippen LogP contribution in [0.5, 0.6) is 0 Å². The Hall–Kier alpha value is -1.02. The van der Waals surface area contributed by atoms with Gasteiger partial charge in [0.2, 0.25) is 0 Å². The predicted molar refractivity (Wildman–Crippen MR) is 75.9 cm³/mol. The van der Waals surface area contributed by atoms with Gasteiger partial charge in [-0.3, -0.25) is 0 Å². The molecule has 2 nitrogen and oxygen atoms in total. The number of allylic oxidation sites excluding steroid dienone is 4. The lowest BCUT2D eigenvalue weighted by atomic mass is 10.0. The minimum absolute atomic E-state index is 0.0464. The lowest BCUT2D eigenvalue weighted by Gasteiger charge is -2.26. The molecule has 0 spiro atoms.